The zero-order chi connectivity index (χ0) is 16.5. The van der Waals surface area contributed by atoms with Gasteiger partial charge in [0.2, 0.25) is 0 Å². The monoisotopic (exact) mass is 343 g/mol. The van der Waals surface area contributed by atoms with Gasteiger partial charge in [0.1, 0.15) is 17.4 Å². The minimum absolute atomic E-state index is 0.00979. The van der Waals surface area contributed by atoms with E-state index in [-0.39, 0.29) is 5.56 Å². The van der Waals surface area contributed by atoms with Gasteiger partial charge in [0.25, 0.3) is 0 Å². The fourth-order valence-electron chi connectivity index (χ4n) is 2.19. The second kappa shape index (κ2) is 6.34. The normalized spacial score (nSPS) is 11.5. The Hall–Kier alpha value is -1.46. The Morgan fingerprint density at radius 2 is 1.77 bits per heavy atom. The van der Waals surface area contributed by atoms with E-state index in [2.05, 4.69) is 0 Å². The van der Waals surface area contributed by atoms with E-state index in [0.29, 0.717) is 21.4 Å². The molecule has 22 heavy (non-hydrogen) atoms. The fourth-order valence-corrected chi connectivity index (χ4v) is 3.62. The molecule has 2 rings (SSSR count). The van der Waals surface area contributed by atoms with Crippen molar-refractivity contribution in [3.63, 3.8) is 0 Å². The van der Waals surface area contributed by atoms with Crippen LogP contribution in [0, 0.1) is 11.6 Å². The molecule has 0 radical (unpaired) electrons. The average molecular weight is 344 g/mol. The van der Waals surface area contributed by atoms with Crippen LogP contribution in [0.3, 0.4) is 0 Å². The van der Waals surface area contributed by atoms with E-state index in [1.165, 1.54) is 37.1 Å². The number of benzene rings is 2. The van der Waals surface area contributed by atoms with Gasteiger partial charge in [-0.05, 0) is 32.0 Å². The largest absolute Gasteiger partial charge is 0.496 e. The quantitative estimate of drug-likeness (QED) is 0.609. The van der Waals surface area contributed by atoms with Crippen molar-refractivity contribution in [2.75, 3.05) is 12.8 Å². The van der Waals surface area contributed by atoms with Gasteiger partial charge in [0.15, 0.2) is 0 Å². The fraction of sp³-hybridized carbons (Fsp3) is 0.250. The molecule has 0 aliphatic carbocycles. The number of nitrogens with two attached hydrogens (primary N) is 1. The lowest BCUT2D eigenvalue weighted by molar-refractivity contribution is 0.404. The summed E-state index contributed by atoms with van der Waals surface area (Å²) in [6.45, 7) is 3.48. The molecule has 0 saturated carbocycles. The number of nitrogen functional groups attached to an aromatic ring is 1. The standard InChI is InChI=1S/C16H16ClF2NOS/c1-16(2,15-10(18)5-4-6-11(15)19)22-14-8-12(20)9(17)7-13(14)21-3/h4-8H,20H2,1-3H3. The van der Waals surface area contributed by atoms with Gasteiger partial charge in [-0.3, -0.25) is 0 Å². The lowest BCUT2D eigenvalue weighted by Gasteiger charge is -2.26. The summed E-state index contributed by atoms with van der Waals surface area (Å²) in [6.07, 6.45) is 0. The van der Waals surface area contributed by atoms with Crippen LogP contribution < -0.4 is 10.5 Å². The number of methoxy groups -OCH3 is 1. The van der Waals surface area contributed by atoms with Crippen LogP contribution >= 0.6 is 23.4 Å². The second-order valence-corrected chi connectivity index (χ2v) is 7.31. The third-order valence-corrected chi connectivity index (χ3v) is 4.79. The van der Waals surface area contributed by atoms with Gasteiger partial charge < -0.3 is 10.5 Å². The molecule has 0 aliphatic rings. The second-order valence-electron chi connectivity index (χ2n) is 5.23. The molecule has 0 heterocycles. The van der Waals surface area contributed by atoms with Gasteiger partial charge in [0, 0.05) is 16.4 Å². The van der Waals surface area contributed by atoms with Crippen molar-refractivity contribution >= 4 is 29.1 Å². The van der Waals surface area contributed by atoms with Crippen LogP contribution in [0.2, 0.25) is 5.02 Å². The maximum absolute atomic E-state index is 14.0. The summed E-state index contributed by atoms with van der Waals surface area (Å²) in [5.74, 6) is -0.661. The van der Waals surface area contributed by atoms with E-state index < -0.39 is 16.4 Å². The molecular formula is C16H16ClF2NOS. The van der Waals surface area contributed by atoms with Gasteiger partial charge >= 0.3 is 0 Å². The lowest BCUT2D eigenvalue weighted by Crippen LogP contribution is -2.16. The van der Waals surface area contributed by atoms with Crippen molar-refractivity contribution in [2.45, 2.75) is 23.5 Å². The van der Waals surface area contributed by atoms with E-state index in [0.717, 1.165) is 0 Å². The van der Waals surface area contributed by atoms with Crippen molar-refractivity contribution in [3.8, 4) is 5.75 Å². The van der Waals surface area contributed by atoms with E-state index in [9.17, 15) is 8.78 Å². The zero-order valence-corrected chi connectivity index (χ0v) is 14.0. The molecule has 2 aromatic rings. The van der Waals surface area contributed by atoms with Gasteiger partial charge in [-0.1, -0.05) is 17.7 Å². The van der Waals surface area contributed by atoms with Gasteiger partial charge in [-0.2, -0.15) is 0 Å². The topological polar surface area (TPSA) is 35.2 Å². The van der Waals surface area contributed by atoms with Crippen LogP contribution in [0.5, 0.6) is 5.75 Å². The number of hydrogen-bond donors (Lipinski definition) is 1. The summed E-state index contributed by atoms with van der Waals surface area (Å²) in [6, 6.07) is 7.07. The van der Waals surface area contributed by atoms with Crippen LogP contribution in [0.4, 0.5) is 14.5 Å². The highest BCUT2D eigenvalue weighted by Crippen LogP contribution is 2.47. The molecule has 0 bridgehead atoms. The molecule has 0 saturated heterocycles. The molecule has 0 aromatic heterocycles. The number of ether oxygens (including phenoxy) is 1. The van der Waals surface area contributed by atoms with Crippen molar-refractivity contribution in [1.29, 1.82) is 0 Å². The Bertz CT molecular complexity index is 687. The third kappa shape index (κ3) is 3.31. The molecule has 6 heteroatoms. The summed E-state index contributed by atoms with van der Waals surface area (Å²) in [5, 5.41) is 0.371. The minimum atomic E-state index is -0.858. The summed E-state index contributed by atoms with van der Waals surface area (Å²) >= 11 is 7.23. The smallest absolute Gasteiger partial charge is 0.134 e. The summed E-state index contributed by atoms with van der Waals surface area (Å²) in [7, 11) is 1.50. The van der Waals surface area contributed by atoms with Gasteiger partial charge in [-0.15, -0.1) is 11.8 Å². The predicted octanol–water partition coefficient (Wildman–Crippen LogP) is 5.24. The van der Waals surface area contributed by atoms with E-state index >= 15 is 0 Å². The lowest BCUT2D eigenvalue weighted by atomic mass is 10.0. The highest BCUT2D eigenvalue weighted by Gasteiger charge is 2.30. The number of thioether (sulfide) groups is 1. The molecule has 0 fully saturated rings. The van der Waals surface area contributed by atoms with Crippen LogP contribution in [0.1, 0.15) is 19.4 Å². The van der Waals surface area contributed by atoms with Crippen LogP contribution in [-0.4, -0.2) is 7.11 Å². The summed E-state index contributed by atoms with van der Waals surface area (Å²) < 4.78 is 32.5. The van der Waals surface area contributed by atoms with Crippen molar-refractivity contribution in [2.24, 2.45) is 0 Å². The Balaban J connectivity index is 2.47. The third-order valence-electron chi connectivity index (χ3n) is 3.21. The van der Waals surface area contributed by atoms with Gasteiger partial charge in [-0.25, -0.2) is 8.78 Å². The first-order chi connectivity index (χ1) is 10.3. The molecule has 2 aromatic carbocycles. The molecule has 118 valence electrons. The maximum atomic E-state index is 14.0. The van der Waals surface area contributed by atoms with Crippen LogP contribution in [-0.2, 0) is 4.75 Å². The molecule has 0 atom stereocenters. The molecule has 0 unspecified atom stereocenters. The molecule has 0 aliphatic heterocycles. The van der Waals surface area contributed by atoms with Crippen molar-refractivity contribution in [3.05, 3.63) is 52.6 Å². The highest BCUT2D eigenvalue weighted by atomic mass is 35.5. The SMILES string of the molecule is COc1cc(Cl)c(N)cc1SC(C)(C)c1c(F)cccc1F. The van der Waals surface area contributed by atoms with Crippen LogP contribution in [0.15, 0.2) is 35.2 Å². The number of anilines is 1. The Labute approximate surface area is 137 Å². The van der Waals surface area contributed by atoms with Crippen LogP contribution in [0.25, 0.3) is 0 Å². The highest BCUT2D eigenvalue weighted by molar-refractivity contribution is 8.00. The first-order valence-corrected chi connectivity index (χ1v) is 7.72. The van der Waals surface area contributed by atoms with Gasteiger partial charge in [0.05, 0.1) is 22.7 Å². The first kappa shape index (κ1) is 16.9. The first-order valence-electron chi connectivity index (χ1n) is 6.52. The Morgan fingerprint density at radius 3 is 2.32 bits per heavy atom. The summed E-state index contributed by atoms with van der Waals surface area (Å²) in [5.41, 5.74) is 6.21. The Morgan fingerprint density at radius 1 is 1.18 bits per heavy atom. The summed E-state index contributed by atoms with van der Waals surface area (Å²) in [4.78, 5) is 0.664. The van der Waals surface area contributed by atoms with E-state index in [1.807, 2.05) is 0 Å². The maximum Gasteiger partial charge on any atom is 0.134 e. The number of halogens is 3. The van der Waals surface area contributed by atoms with Crippen molar-refractivity contribution in [1.82, 2.24) is 0 Å². The minimum Gasteiger partial charge on any atom is -0.496 e. The number of hydrogen-bond acceptors (Lipinski definition) is 3. The molecule has 2 N–H and O–H groups in total. The Kier molecular flexibility index (Phi) is 4.87. The van der Waals surface area contributed by atoms with E-state index in [4.69, 9.17) is 22.1 Å². The van der Waals surface area contributed by atoms with E-state index in [1.54, 1.807) is 26.0 Å². The molecule has 0 amide bonds. The van der Waals surface area contributed by atoms with Crippen molar-refractivity contribution < 1.29 is 13.5 Å². The number of rotatable bonds is 4. The molecule has 0 spiro atoms. The molecule has 2 nitrogen and oxygen atoms in total. The predicted molar refractivity (Wildman–Crippen MR) is 87.7 cm³/mol. The zero-order valence-electron chi connectivity index (χ0n) is 12.4. The average Bonchev–Trinajstić information content (AvgIpc) is 2.41. The molecular weight excluding hydrogens is 328 g/mol.